The fourth-order valence-electron chi connectivity index (χ4n) is 3.88. The minimum atomic E-state index is -1.28. The van der Waals surface area contributed by atoms with Gasteiger partial charge in [-0.15, -0.1) is 0 Å². The zero-order valence-corrected chi connectivity index (χ0v) is 17.2. The Morgan fingerprint density at radius 2 is 1.97 bits per heavy atom. The van der Waals surface area contributed by atoms with Gasteiger partial charge in [-0.2, -0.15) is 9.78 Å². The van der Waals surface area contributed by atoms with Crippen LogP contribution in [-0.2, 0) is 19.1 Å². The molecular formula is C19H19N8O6-. The number of hydrogen-bond donors (Lipinski definition) is 1. The molecule has 0 bridgehead atoms. The van der Waals surface area contributed by atoms with E-state index in [0.717, 1.165) is 5.69 Å². The highest BCUT2D eigenvalue weighted by Gasteiger charge is 2.50. The molecule has 172 valence electrons. The molecule has 2 aliphatic heterocycles. The van der Waals surface area contributed by atoms with E-state index >= 15 is 0 Å². The summed E-state index contributed by atoms with van der Waals surface area (Å²) in [5.74, 6) is -1.15. The number of carboxylic acid groups (broad SMARTS) is 1. The highest BCUT2D eigenvalue weighted by Crippen LogP contribution is 2.36. The molecule has 2 saturated heterocycles. The molecule has 0 unspecified atom stereocenters. The maximum absolute atomic E-state index is 12.0. The number of fused-ring (bicyclic) bond motifs is 1. The van der Waals surface area contributed by atoms with Gasteiger partial charge in [-0.1, -0.05) is 5.10 Å². The number of carbonyl (C=O) groups is 2. The topological polar surface area (TPSA) is 171 Å². The number of aromatic nitrogens is 7. The zero-order valence-electron chi connectivity index (χ0n) is 17.2. The van der Waals surface area contributed by atoms with E-state index in [9.17, 15) is 14.7 Å². The van der Waals surface area contributed by atoms with Crippen LogP contribution in [0.3, 0.4) is 0 Å². The van der Waals surface area contributed by atoms with E-state index < -0.39 is 30.1 Å². The van der Waals surface area contributed by atoms with Crippen LogP contribution in [-0.4, -0.2) is 78.3 Å². The first-order valence-corrected chi connectivity index (χ1v) is 10.2. The van der Waals surface area contributed by atoms with E-state index in [0.29, 0.717) is 5.75 Å². The number of carbonyl (C=O) groups excluding carboxylic acids is 2. The molecule has 5 rings (SSSR count). The summed E-state index contributed by atoms with van der Waals surface area (Å²) in [5.41, 5.74) is 0.818. The first kappa shape index (κ1) is 21.0. The van der Waals surface area contributed by atoms with Gasteiger partial charge in [0.1, 0.15) is 36.7 Å². The molecule has 14 heteroatoms. The second kappa shape index (κ2) is 8.91. The Bertz CT molecular complexity index is 1120. The van der Waals surface area contributed by atoms with E-state index in [-0.39, 0.29) is 38.1 Å². The number of tetrazole rings is 1. The molecule has 2 fully saturated rings. The molecule has 2 aromatic heterocycles. The van der Waals surface area contributed by atoms with Crippen LogP contribution < -0.4 is 15.2 Å². The first-order chi connectivity index (χ1) is 16.1. The maximum Gasteiger partial charge on any atom is 0.341 e. The van der Waals surface area contributed by atoms with Crippen LogP contribution in [0.25, 0.3) is 5.69 Å². The third kappa shape index (κ3) is 4.38. The molecule has 4 heterocycles. The van der Waals surface area contributed by atoms with Crippen LogP contribution in [0, 0.1) is 0 Å². The van der Waals surface area contributed by atoms with E-state index in [1.807, 2.05) is 12.1 Å². The Hall–Kier alpha value is -3.91. The van der Waals surface area contributed by atoms with Crippen molar-refractivity contribution in [3.05, 3.63) is 36.9 Å². The van der Waals surface area contributed by atoms with Crippen molar-refractivity contribution >= 4 is 11.9 Å². The predicted octanol–water partition coefficient (Wildman–Crippen LogP) is -1.60. The molecule has 3 aromatic rings. The van der Waals surface area contributed by atoms with Crippen molar-refractivity contribution in [2.75, 3.05) is 13.2 Å². The predicted molar refractivity (Wildman–Crippen MR) is 104 cm³/mol. The summed E-state index contributed by atoms with van der Waals surface area (Å²) in [7, 11) is 0. The number of hydrogen-bond acceptors (Lipinski definition) is 11. The lowest BCUT2D eigenvalue weighted by Crippen LogP contribution is -2.44. The normalized spacial score (nSPS) is 23.9. The lowest BCUT2D eigenvalue weighted by molar-refractivity contribution is -0.305. The summed E-state index contributed by atoms with van der Waals surface area (Å²) in [5, 5.41) is 29.1. The lowest BCUT2D eigenvalue weighted by atomic mass is 10.1. The summed E-state index contributed by atoms with van der Waals surface area (Å²) < 4.78 is 20.7. The zero-order chi connectivity index (χ0) is 22.8. The molecule has 4 atom stereocenters. The molecular weight excluding hydrogens is 436 g/mol. The van der Waals surface area contributed by atoms with Gasteiger partial charge in [0, 0.05) is 12.4 Å². The van der Waals surface area contributed by atoms with Crippen molar-refractivity contribution in [3.63, 3.8) is 0 Å². The lowest BCUT2D eigenvalue weighted by Gasteiger charge is -2.18. The molecule has 14 nitrogen and oxygen atoms in total. The first-order valence-electron chi connectivity index (χ1n) is 10.2. The van der Waals surface area contributed by atoms with Crippen molar-refractivity contribution < 1.29 is 28.9 Å². The maximum atomic E-state index is 12.0. The van der Waals surface area contributed by atoms with E-state index in [1.54, 1.807) is 23.1 Å². The smallest absolute Gasteiger partial charge is 0.341 e. The van der Waals surface area contributed by atoms with Crippen LogP contribution in [0.4, 0.5) is 0 Å². The number of ether oxygens (including phenoxy) is 3. The summed E-state index contributed by atoms with van der Waals surface area (Å²) in [6.45, 7) is 0.484. The molecule has 1 N–H and O–H groups in total. The van der Waals surface area contributed by atoms with Gasteiger partial charge in [0.15, 0.2) is 0 Å². The van der Waals surface area contributed by atoms with Crippen molar-refractivity contribution in [1.29, 1.82) is 0 Å². The van der Waals surface area contributed by atoms with Crippen molar-refractivity contribution in [2.24, 2.45) is 0 Å². The van der Waals surface area contributed by atoms with Gasteiger partial charge >= 0.3 is 6.01 Å². The average Bonchev–Trinajstić information content (AvgIpc) is 3.59. The van der Waals surface area contributed by atoms with Crippen molar-refractivity contribution in [1.82, 2.24) is 40.3 Å². The Morgan fingerprint density at radius 3 is 2.73 bits per heavy atom. The third-order valence-electron chi connectivity index (χ3n) is 5.44. The Morgan fingerprint density at radius 1 is 1.15 bits per heavy atom. The van der Waals surface area contributed by atoms with Crippen LogP contribution in [0.1, 0.15) is 18.9 Å². The fourth-order valence-corrected chi connectivity index (χ4v) is 3.88. The van der Waals surface area contributed by atoms with Crippen molar-refractivity contribution in [2.45, 2.75) is 37.1 Å². The number of amides is 1. The van der Waals surface area contributed by atoms with Gasteiger partial charge in [0.2, 0.25) is 5.91 Å². The van der Waals surface area contributed by atoms with Gasteiger partial charge in [-0.25, -0.2) is 9.67 Å². The van der Waals surface area contributed by atoms with Gasteiger partial charge in [0.05, 0.1) is 24.9 Å². The largest absolute Gasteiger partial charge is 0.550 e. The number of carboxylic acids is 1. The highest BCUT2D eigenvalue weighted by molar-refractivity contribution is 5.80. The summed E-state index contributed by atoms with van der Waals surface area (Å²) in [4.78, 5) is 26.4. The molecule has 0 spiro atoms. The molecule has 33 heavy (non-hydrogen) atoms. The average molecular weight is 455 g/mol. The molecule has 0 radical (unpaired) electrons. The summed E-state index contributed by atoms with van der Waals surface area (Å²) in [6.07, 6.45) is 1.71. The van der Waals surface area contributed by atoms with E-state index in [4.69, 9.17) is 14.2 Å². The second-order valence-corrected chi connectivity index (χ2v) is 7.55. The van der Waals surface area contributed by atoms with Crippen LogP contribution in [0.5, 0.6) is 11.8 Å². The summed E-state index contributed by atoms with van der Waals surface area (Å²) >= 11 is 0. The molecule has 1 aromatic carbocycles. The molecule has 1 amide bonds. The Kier molecular flexibility index (Phi) is 5.66. The fraction of sp³-hybridized carbons (Fsp3) is 0.421. The second-order valence-electron chi connectivity index (χ2n) is 7.55. The van der Waals surface area contributed by atoms with E-state index in [1.165, 1.54) is 11.0 Å². The number of benzene rings is 1. The quantitative estimate of drug-likeness (QED) is 0.415. The van der Waals surface area contributed by atoms with Crippen LogP contribution >= 0.6 is 0 Å². The van der Waals surface area contributed by atoms with Crippen LogP contribution in [0.15, 0.2) is 36.9 Å². The highest BCUT2D eigenvalue weighted by atomic mass is 16.6. The van der Waals surface area contributed by atoms with E-state index in [2.05, 4.69) is 30.9 Å². The van der Waals surface area contributed by atoms with Gasteiger partial charge in [0.25, 0.3) is 0 Å². The van der Waals surface area contributed by atoms with Gasteiger partial charge < -0.3 is 29.4 Å². The summed E-state index contributed by atoms with van der Waals surface area (Å²) in [6, 6.07) is 6.56. The third-order valence-corrected chi connectivity index (χ3v) is 5.44. The monoisotopic (exact) mass is 455 g/mol. The van der Waals surface area contributed by atoms with Crippen LogP contribution in [0.2, 0.25) is 0 Å². The minimum absolute atomic E-state index is 0.166. The molecule has 0 saturated carbocycles. The number of nitrogens with one attached hydrogen (secondary N) is 1. The molecule has 0 aliphatic carbocycles. The Labute approximate surface area is 186 Å². The number of aliphatic carboxylic acids is 1. The number of rotatable bonds is 8. The van der Waals surface area contributed by atoms with Crippen molar-refractivity contribution in [3.8, 4) is 17.4 Å². The minimum Gasteiger partial charge on any atom is -0.550 e. The number of nitrogens with zero attached hydrogens (tertiary/aromatic N) is 7. The standard InChI is InChI=1S/C19H20N8O6/c28-15(5-6-16(29)30)22-13-7-31-18-14(8-32-17(13)18)27-19(23-24-25-27)33-12-3-1-11(2-4-12)26-10-20-9-21-26/h1-4,9-10,13-14,17-18H,5-8H2,(H,22,28)(H,29,30)/p-1/t13-,14-,17+,18+/m0/s1. The SMILES string of the molecule is O=C([O-])CCC(=O)N[C@H]1CO[C@H]2[C@@H]1OC[C@@H]2n1nnnc1Oc1ccc(-n2cncn2)cc1. The van der Waals surface area contributed by atoms with Gasteiger partial charge in [-0.05, 0) is 41.1 Å². The van der Waals surface area contributed by atoms with Gasteiger partial charge in [-0.3, -0.25) is 4.79 Å². The Balaban J connectivity index is 1.23. The molecule has 2 aliphatic rings.